The summed E-state index contributed by atoms with van der Waals surface area (Å²) in [6.45, 7) is 2.46. The van der Waals surface area contributed by atoms with Crippen molar-refractivity contribution in [2.45, 2.75) is 82.5 Å². The Morgan fingerprint density at radius 2 is 1.63 bits per heavy atom. The molecule has 0 saturated heterocycles. The highest BCUT2D eigenvalue weighted by Crippen LogP contribution is 2.50. The summed E-state index contributed by atoms with van der Waals surface area (Å²) in [5, 5.41) is 0. The van der Waals surface area contributed by atoms with Gasteiger partial charge < -0.3 is 5.73 Å². The fraction of sp³-hybridized carbons (Fsp3) is 0.516. The molecule has 2 nitrogen and oxygen atoms in total. The molecule has 2 saturated carbocycles. The molecule has 0 amide bonds. The van der Waals surface area contributed by atoms with E-state index in [0.29, 0.717) is 29.4 Å². The molecular weight excluding hydrogens is 440 g/mol. The highest BCUT2D eigenvalue weighted by Gasteiger charge is 2.42. The molecule has 4 heteroatoms. The van der Waals surface area contributed by atoms with E-state index in [9.17, 15) is 13.6 Å². The Morgan fingerprint density at radius 1 is 1.03 bits per heavy atom. The van der Waals surface area contributed by atoms with E-state index < -0.39 is 11.8 Å². The maximum atomic E-state index is 13.6. The number of hydrogen-bond acceptors (Lipinski definition) is 2. The van der Waals surface area contributed by atoms with Crippen molar-refractivity contribution in [2.75, 3.05) is 0 Å². The van der Waals surface area contributed by atoms with Gasteiger partial charge in [0.2, 0.25) is 0 Å². The second kappa shape index (κ2) is 10.5. The molecule has 4 rings (SSSR count). The number of carbonyl (C=O) groups excluding carboxylic acids is 1. The Morgan fingerprint density at radius 3 is 2.17 bits per heavy atom. The van der Waals surface area contributed by atoms with Crippen LogP contribution in [0.15, 0.2) is 54.6 Å². The van der Waals surface area contributed by atoms with Crippen molar-refractivity contribution in [2.24, 2.45) is 23.5 Å². The van der Waals surface area contributed by atoms with Gasteiger partial charge in [-0.15, -0.1) is 0 Å². The minimum Gasteiger partial charge on any atom is -0.359 e. The normalized spacial score (nSPS) is 24.2. The average Bonchev–Trinajstić information content (AvgIpc) is 3.70. The highest BCUT2D eigenvalue weighted by molar-refractivity contribution is 5.96. The van der Waals surface area contributed by atoms with E-state index in [4.69, 9.17) is 5.73 Å². The number of benzene rings is 2. The highest BCUT2D eigenvalue weighted by atomic mass is 19.3. The summed E-state index contributed by atoms with van der Waals surface area (Å²) in [7, 11) is 0. The van der Waals surface area contributed by atoms with Crippen molar-refractivity contribution in [3.63, 3.8) is 0 Å². The van der Waals surface area contributed by atoms with E-state index in [-0.39, 0.29) is 11.2 Å². The van der Waals surface area contributed by atoms with Crippen LogP contribution in [0.1, 0.15) is 92.6 Å². The van der Waals surface area contributed by atoms with Gasteiger partial charge in [-0.1, -0.05) is 67.4 Å². The summed E-state index contributed by atoms with van der Waals surface area (Å²) < 4.78 is 27.3. The van der Waals surface area contributed by atoms with Crippen molar-refractivity contribution in [3.8, 4) is 12.0 Å². The van der Waals surface area contributed by atoms with Crippen LogP contribution in [0.2, 0.25) is 0 Å². The summed E-state index contributed by atoms with van der Waals surface area (Å²) in [6, 6.07) is 20.0. The van der Waals surface area contributed by atoms with Crippen molar-refractivity contribution in [1.82, 2.24) is 0 Å². The number of Topliss-reactive ketones (excluding diaryl/α,β-unsaturated/α-hetero) is 1. The molecule has 2 N–H and O–H groups in total. The van der Waals surface area contributed by atoms with Gasteiger partial charge >= 0.3 is 0 Å². The molecule has 0 bridgehead atoms. The van der Waals surface area contributed by atoms with E-state index in [2.05, 4.69) is 36.2 Å². The number of alkyl halides is 2. The van der Waals surface area contributed by atoms with Gasteiger partial charge in [0.25, 0.3) is 5.92 Å². The summed E-state index contributed by atoms with van der Waals surface area (Å²) in [5.74, 6) is 1.71. The molecule has 35 heavy (non-hydrogen) atoms. The number of carbonyl (C=O) groups is 1. The lowest BCUT2D eigenvalue weighted by Crippen LogP contribution is -2.33. The molecule has 2 atom stereocenters. The molecule has 0 spiro atoms. The Labute approximate surface area is 208 Å². The van der Waals surface area contributed by atoms with E-state index in [1.54, 1.807) is 24.3 Å². The molecule has 0 aliphatic heterocycles. The smallest absolute Gasteiger partial charge is 0.251 e. The van der Waals surface area contributed by atoms with Gasteiger partial charge in [-0.2, -0.15) is 0 Å². The van der Waals surface area contributed by atoms with E-state index in [0.717, 1.165) is 44.9 Å². The van der Waals surface area contributed by atoms with Crippen molar-refractivity contribution < 1.29 is 13.6 Å². The first-order valence-corrected chi connectivity index (χ1v) is 13.0. The Hall–Kier alpha value is -2.67. The molecule has 186 valence electrons. The molecule has 2 aliphatic carbocycles. The zero-order valence-corrected chi connectivity index (χ0v) is 20.9. The van der Waals surface area contributed by atoms with Crippen LogP contribution in [-0.2, 0) is 5.41 Å². The number of hydrogen-bond donors (Lipinski definition) is 1. The van der Waals surface area contributed by atoms with Gasteiger partial charge in [-0.25, -0.2) is 8.78 Å². The zero-order valence-electron chi connectivity index (χ0n) is 20.9. The molecule has 0 radical (unpaired) electrons. The Balaban J connectivity index is 1.37. The van der Waals surface area contributed by atoms with Crippen molar-refractivity contribution in [3.05, 3.63) is 71.3 Å². The predicted molar refractivity (Wildman–Crippen MR) is 137 cm³/mol. The SMILES string of the molecule is C[C@H](c1ccc(C(=O)CCC(C2CC2)C2CCC(C#CN)(c3ccccc3)CC2)cc1)C(C)(F)F. The molecule has 2 aromatic carbocycles. The first kappa shape index (κ1) is 25.4. The van der Waals surface area contributed by atoms with Crippen LogP contribution in [0.25, 0.3) is 0 Å². The first-order valence-electron chi connectivity index (χ1n) is 13.0. The summed E-state index contributed by atoms with van der Waals surface area (Å²) in [6.07, 6.45) is 8.17. The molecule has 2 fully saturated rings. The van der Waals surface area contributed by atoms with E-state index in [1.165, 1.54) is 25.3 Å². The van der Waals surface area contributed by atoms with Gasteiger partial charge in [0, 0.05) is 23.9 Å². The third-order valence-electron chi connectivity index (χ3n) is 8.55. The average molecular weight is 478 g/mol. The third kappa shape index (κ3) is 5.95. The number of ketones is 1. The van der Waals surface area contributed by atoms with Crippen LogP contribution in [-0.4, -0.2) is 11.7 Å². The second-order valence-electron chi connectivity index (χ2n) is 10.8. The minimum absolute atomic E-state index is 0.113. The number of rotatable bonds is 9. The van der Waals surface area contributed by atoms with Crippen LogP contribution < -0.4 is 5.73 Å². The lowest BCUT2D eigenvalue weighted by Gasteiger charge is -2.40. The Kier molecular flexibility index (Phi) is 7.64. The molecule has 0 heterocycles. The Bertz CT molecular complexity index is 1050. The zero-order chi connectivity index (χ0) is 25.1. The molecule has 0 aromatic heterocycles. The van der Waals surface area contributed by atoms with E-state index in [1.807, 2.05) is 6.07 Å². The fourth-order valence-electron chi connectivity index (χ4n) is 6.02. The minimum atomic E-state index is -2.78. The third-order valence-corrected chi connectivity index (χ3v) is 8.55. The van der Waals surface area contributed by atoms with Crippen molar-refractivity contribution in [1.29, 1.82) is 0 Å². The van der Waals surface area contributed by atoms with Crippen LogP contribution in [0, 0.1) is 29.7 Å². The van der Waals surface area contributed by atoms with Crippen molar-refractivity contribution >= 4 is 5.78 Å². The van der Waals surface area contributed by atoms with Gasteiger partial charge in [-0.3, -0.25) is 4.79 Å². The van der Waals surface area contributed by atoms with Crippen LogP contribution in [0.5, 0.6) is 0 Å². The predicted octanol–water partition coefficient (Wildman–Crippen LogP) is 7.48. The monoisotopic (exact) mass is 477 g/mol. The standard InChI is InChI=1S/C31H37F2NO/c1-22(30(2,32)33)23-8-12-26(13-9-23)29(35)15-14-28(24-10-11-24)25-16-18-31(19-17-25,20-21-34)27-6-4-3-5-7-27/h3-9,12-13,22,24-25,28H,10-11,14-19,34H2,1-2H3/t22-,25?,28?,31?/m1/s1. The molecule has 2 aliphatic rings. The van der Waals surface area contributed by atoms with Gasteiger partial charge in [0.05, 0.1) is 5.41 Å². The van der Waals surface area contributed by atoms with Gasteiger partial charge in [-0.05, 0) is 80.8 Å². The molecular formula is C31H37F2NO. The van der Waals surface area contributed by atoms with Gasteiger partial charge in [0.1, 0.15) is 0 Å². The summed E-state index contributed by atoms with van der Waals surface area (Å²) in [5.41, 5.74) is 7.97. The summed E-state index contributed by atoms with van der Waals surface area (Å²) in [4.78, 5) is 12.9. The topological polar surface area (TPSA) is 43.1 Å². The lowest BCUT2D eigenvalue weighted by molar-refractivity contribution is -0.00222. The number of halogens is 2. The van der Waals surface area contributed by atoms with Crippen LogP contribution >= 0.6 is 0 Å². The molecule has 2 aromatic rings. The number of nitrogens with two attached hydrogens (primary N) is 1. The first-order chi connectivity index (χ1) is 16.7. The van der Waals surface area contributed by atoms with Gasteiger partial charge in [0.15, 0.2) is 5.78 Å². The van der Waals surface area contributed by atoms with E-state index >= 15 is 0 Å². The van der Waals surface area contributed by atoms with Crippen LogP contribution in [0.4, 0.5) is 8.78 Å². The quantitative estimate of drug-likeness (QED) is 0.231. The fourth-order valence-corrected chi connectivity index (χ4v) is 6.02. The molecule has 1 unspecified atom stereocenters. The largest absolute Gasteiger partial charge is 0.359 e. The van der Waals surface area contributed by atoms with Crippen LogP contribution in [0.3, 0.4) is 0 Å². The lowest BCUT2D eigenvalue weighted by atomic mass is 9.63. The maximum absolute atomic E-state index is 13.6. The maximum Gasteiger partial charge on any atom is 0.251 e. The second-order valence-corrected chi connectivity index (χ2v) is 10.8. The summed E-state index contributed by atoms with van der Waals surface area (Å²) >= 11 is 0.